The van der Waals surface area contributed by atoms with Crippen LogP contribution in [0.2, 0.25) is 0 Å². The SMILES string of the molecule is CN=C(NCc1ccc(CS(=O)(=O)NC(C)C)cc1)NCC(C)Sc1ccccc1. The number of rotatable bonds is 10. The van der Waals surface area contributed by atoms with Crippen LogP contribution in [0.15, 0.2) is 64.5 Å². The highest BCUT2D eigenvalue weighted by Crippen LogP contribution is 2.21. The number of hydrogen-bond acceptors (Lipinski definition) is 4. The van der Waals surface area contributed by atoms with Gasteiger partial charge in [0.1, 0.15) is 0 Å². The molecule has 0 saturated carbocycles. The number of guanidine groups is 1. The summed E-state index contributed by atoms with van der Waals surface area (Å²) in [5.41, 5.74) is 1.82. The van der Waals surface area contributed by atoms with Crippen molar-refractivity contribution in [3.63, 3.8) is 0 Å². The first-order valence-corrected chi connectivity index (χ1v) is 12.5. The van der Waals surface area contributed by atoms with Crippen LogP contribution < -0.4 is 15.4 Å². The number of hydrogen-bond donors (Lipinski definition) is 3. The fourth-order valence-electron chi connectivity index (χ4n) is 2.79. The number of nitrogens with one attached hydrogen (secondary N) is 3. The van der Waals surface area contributed by atoms with E-state index < -0.39 is 10.0 Å². The van der Waals surface area contributed by atoms with Crippen LogP contribution in [0.4, 0.5) is 0 Å². The second-order valence-corrected chi connectivity index (χ2v) is 10.7. The van der Waals surface area contributed by atoms with Crippen molar-refractivity contribution in [2.75, 3.05) is 13.6 Å². The van der Waals surface area contributed by atoms with Crippen molar-refractivity contribution in [3.8, 4) is 0 Å². The second-order valence-electron chi connectivity index (χ2n) is 7.40. The molecule has 0 amide bonds. The molecule has 0 aliphatic rings. The molecule has 2 aromatic carbocycles. The summed E-state index contributed by atoms with van der Waals surface area (Å²) in [5.74, 6) is 0.724. The van der Waals surface area contributed by atoms with Crippen LogP contribution in [0.5, 0.6) is 0 Å². The maximum absolute atomic E-state index is 12.0. The van der Waals surface area contributed by atoms with E-state index in [2.05, 4.69) is 39.4 Å². The molecule has 0 aliphatic carbocycles. The lowest BCUT2D eigenvalue weighted by atomic mass is 10.1. The average molecular weight is 449 g/mol. The Morgan fingerprint density at radius 3 is 2.20 bits per heavy atom. The Labute approximate surface area is 185 Å². The molecule has 0 radical (unpaired) electrons. The lowest BCUT2D eigenvalue weighted by Gasteiger charge is -2.16. The fraction of sp³-hybridized carbons (Fsp3) is 0.409. The summed E-state index contributed by atoms with van der Waals surface area (Å²) in [6.07, 6.45) is 0. The summed E-state index contributed by atoms with van der Waals surface area (Å²) >= 11 is 1.82. The van der Waals surface area contributed by atoms with E-state index in [1.165, 1.54) is 4.90 Å². The van der Waals surface area contributed by atoms with E-state index >= 15 is 0 Å². The predicted octanol–water partition coefficient (Wildman–Crippen LogP) is 3.36. The summed E-state index contributed by atoms with van der Waals surface area (Å²) in [5, 5.41) is 7.04. The molecule has 0 bridgehead atoms. The van der Waals surface area contributed by atoms with Gasteiger partial charge in [0.25, 0.3) is 0 Å². The first-order valence-electron chi connectivity index (χ1n) is 10.0. The molecule has 2 aromatic rings. The smallest absolute Gasteiger partial charge is 0.216 e. The van der Waals surface area contributed by atoms with Crippen molar-refractivity contribution >= 4 is 27.7 Å². The third kappa shape index (κ3) is 9.19. The monoisotopic (exact) mass is 448 g/mol. The van der Waals surface area contributed by atoms with Crippen molar-refractivity contribution in [1.29, 1.82) is 0 Å². The first kappa shape index (κ1) is 24.2. The van der Waals surface area contributed by atoms with E-state index in [4.69, 9.17) is 0 Å². The van der Waals surface area contributed by atoms with Crippen molar-refractivity contribution < 1.29 is 8.42 Å². The normalized spacial score (nSPS) is 13.3. The van der Waals surface area contributed by atoms with E-state index in [1.54, 1.807) is 7.05 Å². The number of benzene rings is 2. The van der Waals surface area contributed by atoms with Gasteiger partial charge in [-0.1, -0.05) is 49.4 Å². The van der Waals surface area contributed by atoms with Gasteiger partial charge in [-0.25, -0.2) is 13.1 Å². The van der Waals surface area contributed by atoms with E-state index in [9.17, 15) is 8.42 Å². The van der Waals surface area contributed by atoms with Gasteiger partial charge in [-0.3, -0.25) is 4.99 Å². The van der Waals surface area contributed by atoms with Gasteiger partial charge in [0.15, 0.2) is 5.96 Å². The molecule has 2 rings (SSSR count). The van der Waals surface area contributed by atoms with Crippen LogP contribution >= 0.6 is 11.8 Å². The molecule has 1 unspecified atom stereocenters. The molecule has 30 heavy (non-hydrogen) atoms. The number of sulfonamides is 1. The number of aliphatic imine (C=N–C) groups is 1. The Morgan fingerprint density at radius 2 is 1.60 bits per heavy atom. The molecule has 8 heteroatoms. The molecule has 0 saturated heterocycles. The minimum atomic E-state index is -3.31. The highest BCUT2D eigenvalue weighted by molar-refractivity contribution is 8.00. The van der Waals surface area contributed by atoms with Crippen LogP contribution in [-0.4, -0.2) is 39.3 Å². The largest absolute Gasteiger partial charge is 0.355 e. The zero-order valence-corrected chi connectivity index (χ0v) is 19.7. The molecular formula is C22H32N4O2S2. The minimum absolute atomic E-state index is 0.0148. The van der Waals surface area contributed by atoms with Crippen molar-refractivity contribution in [2.45, 2.75) is 49.3 Å². The van der Waals surface area contributed by atoms with E-state index in [0.29, 0.717) is 11.8 Å². The third-order valence-corrected chi connectivity index (χ3v) is 6.77. The number of nitrogens with zero attached hydrogens (tertiary/aromatic N) is 1. The Bertz CT molecular complexity index is 898. The summed E-state index contributed by atoms with van der Waals surface area (Å²) < 4.78 is 26.7. The zero-order valence-electron chi connectivity index (χ0n) is 18.1. The van der Waals surface area contributed by atoms with Crippen LogP contribution in [0.3, 0.4) is 0 Å². The molecule has 0 fully saturated rings. The van der Waals surface area contributed by atoms with Crippen LogP contribution in [0.25, 0.3) is 0 Å². The number of thioether (sulfide) groups is 1. The molecule has 3 N–H and O–H groups in total. The topological polar surface area (TPSA) is 82.6 Å². The van der Waals surface area contributed by atoms with Gasteiger partial charge in [0.2, 0.25) is 10.0 Å². The lowest BCUT2D eigenvalue weighted by Crippen LogP contribution is -2.39. The van der Waals surface area contributed by atoms with Crippen LogP contribution in [0.1, 0.15) is 31.9 Å². The predicted molar refractivity (Wildman–Crippen MR) is 127 cm³/mol. The highest BCUT2D eigenvalue weighted by Gasteiger charge is 2.13. The van der Waals surface area contributed by atoms with Crippen LogP contribution in [0, 0.1) is 0 Å². The van der Waals surface area contributed by atoms with Crippen LogP contribution in [-0.2, 0) is 22.3 Å². The minimum Gasteiger partial charge on any atom is -0.355 e. The molecular weight excluding hydrogens is 416 g/mol. The van der Waals surface area contributed by atoms with Gasteiger partial charge in [0.05, 0.1) is 5.75 Å². The molecule has 0 heterocycles. The fourth-order valence-corrected chi connectivity index (χ4v) is 5.17. The maximum Gasteiger partial charge on any atom is 0.216 e. The Kier molecular flexibility index (Phi) is 9.68. The van der Waals surface area contributed by atoms with Gasteiger partial charge in [-0.15, -0.1) is 11.8 Å². The molecule has 1 atom stereocenters. The zero-order chi connectivity index (χ0) is 22.0. The summed E-state index contributed by atoms with van der Waals surface area (Å²) in [6, 6.07) is 17.8. The average Bonchev–Trinajstić information content (AvgIpc) is 2.68. The van der Waals surface area contributed by atoms with Crippen molar-refractivity contribution in [2.24, 2.45) is 4.99 Å². The molecule has 0 aliphatic heterocycles. The van der Waals surface area contributed by atoms with E-state index in [-0.39, 0.29) is 11.8 Å². The van der Waals surface area contributed by atoms with Gasteiger partial charge in [0, 0.05) is 36.3 Å². The summed E-state index contributed by atoms with van der Waals surface area (Å²) in [4.78, 5) is 5.52. The van der Waals surface area contributed by atoms with Crippen molar-refractivity contribution in [1.82, 2.24) is 15.4 Å². The third-order valence-electron chi connectivity index (χ3n) is 4.12. The molecule has 0 spiro atoms. The van der Waals surface area contributed by atoms with Gasteiger partial charge >= 0.3 is 0 Å². The van der Waals surface area contributed by atoms with Gasteiger partial charge in [-0.05, 0) is 37.1 Å². The van der Waals surface area contributed by atoms with Gasteiger partial charge < -0.3 is 10.6 Å². The quantitative estimate of drug-likeness (QED) is 0.295. The molecule has 0 aromatic heterocycles. The molecule has 6 nitrogen and oxygen atoms in total. The maximum atomic E-state index is 12.0. The van der Waals surface area contributed by atoms with Gasteiger partial charge in [-0.2, -0.15) is 0 Å². The standard InChI is InChI=1S/C22H32N4O2S2/c1-17(2)26-30(27,28)16-20-12-10-19(11-13-20)15-25-22(23-4)24-14-18(3)29-21-8-6-5-7-9-21/h5-13,17-18,26H,14-16H2,1-4H3,(H2,23,24,25). The Balaban J connectivity index is 1.79. The summed E-state index contributed by atoms with van der Waals surface area (Å²) in [7, 11) is -1.56. The van der Waals surface area contributed by atoms with Crippen molar-refractivity contribution in [3.05, 3.63) is 65.7 Å². The summed E-state index contributed by atoms with van der Waals surface area (Å²) in [6.45, 7) is 7.21. The molecule has 164 valence electrons. The Hall–Kier alpha value is -2.03. The highest BCUT2D eigenvalue weighted by atomic mass is 32.2. The van der Waals surface area contributed by atoms with E-state index in [0.717, 1.165) is 23.6 Å². The second kappa shape index (κ2) is 12.0. The van der Waals surface area contributed by atoms with E-state index in [1.807, 2.05) is 68.1 Å². The first-order chi connectivity index (χ1) is 14.3. The Morgan fingerprint density at radius 1 is 0.967 bits per heavy atom. The lowest BCUT2D eigenvalue weighted by molar-refractivity contribution is 0.569.